The zero-order chi connectivity index (χ0) is 13.5. The fraction of sp³-hybridized carbons (Fsp3) is 0.688. The van der Waals surface area contributed by atoms with E-state index in [0.717, 1.165) is 25.3 Å². The van der Waals surface area contributed by atoms with Crippen molar-refractivity contribution in [2.45, 2.75) is 58.7 Å². The van der Waals surface area contributed by atoms with E-state index in [4.69, 9.17) is 4.98 Å². The molecule has 3 nitrogen and oxygen atoms in total. The van der Waals surface area contributed by atoms with Crippen LogP contribution in [0.2, 0.25) is 0 Å². The summed E-state index contributed by atoms with van der Waals surface area (Å²) in [5.74, 6) is 0. The highest BCUT2D eigenvalue weighted by Gasteiger charge is 2.17. The van der Waals surface area contributed by atoms with Crippen LogP contribution in [0, 0.1) is 0 Å². The first kappa shape index (κ1) is 14.5. The smallest absolute Gasteiger partial charge is 0.0547 e. The van der Waals surface area contributed by atoms with E-state index in [-0.39, 0.29) is 0 Å². The van der Waals surface area contributed by atoms with Crippen LogP contribution in [-0.2, 0) is 13.1 Å². The highest BCUT2D eigenvalue weighted by Crippen LogP contribution is 2.18. The molecule has 0 aliphatic carbocycles. The van der Waals surface area contributed by atoms with Crippen LogP contribution in [0.5, 0.6) is 0 Å². The molecule has 1 unspecified atom stereocenters. The summed E-state index contributed by atoms with van der Waals surface area (Å²) in [6.45, 7) is 8.58. The van der Waals surface area contributed by atoms with Crippen LogP contribution in [-0.4, -0.2) is 29.0 Å². The quantitative estimate of drug-likeness (QED) is 0.883. The third-order valence-corrected chi connectivity index (χ3v) is 3.98. The maximum absolute atomic E-state index is 4.77. The minimum Gasteiger partial charge on any atom is -0.311 e. The first-order chi connectivity index (χ1) is 9.29. The topological polar surface area (TPSA) is 28.2 Å². The molecule has 0 spiro atoms. The van der Waals surface area contributed by atoms with Crippen LogP contribution in [0.4, 0.5) is 0 Å². The zero-order valence-corrected chi connectivity index (χ0v) is 12.4. The SMILES string of the molecule is CCNCc1cccc(CN2CCCCCC2C)n1. The summed E-state index contributed by atoms with van der Waals surface area (Å²) < 4.78 is 0. The lowest BCUT2D eigenvalue weighted by molar-refractivity contribution is 0.202. The van der Waals surface area contributed by atoms with Crippen LogP contribution in [0.1, 0.15) is 50.9 Å². The molecule has 19 heavy (non-hydrogen) atoms. The Kier molecular flexibility index (Phi) is 5.80. The van der Waals surface area contributed by atoms with E-state index in [0.29, 0.717) is 6.04 Å². The van der Waals surface area contributed by atoms with E-state index < -0.39 is 0 Å². The molecule has 1 atom stereocenters. The van der Waals surface area contributed by atoms with Crippen LogP contribution >= 0.6 is 0 Å². The van der Waals surface area contributed by atoms with Gasteiger partial charge in [0.1, 0.15) is 0 Å². The van der Waals surface area contributed by atoms with Gasteiger partial charge in [-0.1, -0.05) is 25.8 Å². The van der Waals surface area contributed by atoms with E-state index in [1.807, 2.05) is 0 Å². The molecule has 1 aromatic heterocycles. The van der Waals surface area contributed by atoms with Gasteiger partial charge in [-0.3, -0.25) is 9.88 Å². The van der Waals surface area contributed by atoms with E-state index in [9.17, 15) is 0 Å². The molecular formula is C16H27N3. The number of nitrogens with one attached hydrogen (secondary N) is 1. The molecule has 0 aromatic carbocycles. The molecule has 0 saturated carbocycles. The molecule has 2 rings (SSSR count). The fourth-order valence-electron chi connectivity index (χ4n) is 2.75. The van der Waals surface area contributed by atoms with Gasteiger partial charge in [-0.05, 0) is 45.0 Å². The van der Waals surface area contributed by atoms with E-state index >= 15 is 0 Å². The summed E-state index contributed by atoms with van der Waals surface area (Å²) in [4.78, 5) is 7.35. The predicted molar refractivity (Wildman–Crippen MR) is 80.0 cm³/mol. The standard InChI is InChI=1S/C16H27N3/c1-3-17-12-15-9-7-10-16(18-15)13-19-11-6-4-5-8-14(19)2/h7,9-10,14,17H,3-6,8,11-13H2,1-2H3. The summed E-state index contributed by atoms with van der Waals surface area (Å²) in [6, 6.07) is 7.10. The van der Waals surface area contributed by atoms with Crippen molar-refractivity contribution in [2.75, 3.05) is 13.1 Å². The van der Waals surface area contributed by atoms with Crippen molar-refractivity contribution in [3.63, 3.8) is 0 Å². The lowest BCUT2D eigenvalue weighted by Gasteiger charge is -2.26. The van der Waals surface area contributed by atoms with Gasteiger partial charge in [0.25, 0.3) is 0 Å². The maximum Gasteiger partial charge on any atom is 0.0547 e. The Labute approximate surface area is 117 Å². The number of nitrogens with zero attached hydrogens (tertiary/aromatic N) is 2. The Morgan fingerprint density at radius 1 is 1.26 bits per heavy atom. The third-order valence-electron chi connectivity index (χ3n) is 3.98. The van der Waals surface area contributed by atoms with Crippen LogP contribution in [0.15, 0.2) is 18.2 Å². The summed E-state index contributed by atoms with van der Waals surface area (Å²) in [5.41, 5.74) is 2.37. The molecule has 1 aliphatic heterocycles. The Hall–Kier alpha value is -0.930. The number of hydrogen-bond acceptors (Lipinski definition) is 3. The van der Waals surface area contributed by atoms with Gasteiger partial charge in [0.15, 0.2) is 0 Å². The second kappa shape index (κ2) is 7.61. The number of likely N-dealkylation sites (tertiary alicyclic amines) is 1. The Morgan fingerprint density at radius 2 is 2.11 bits per heavy atom. The Bertz CT molecular complexity index is 378. The Morgan fingerprint density at radius 3 is 2.95 bits per heavy atom. The lowest BCUT2D eigenvalue weighted by Crippen LogP contribution is -2.32. The number of aromatic nitrogens is 1. The summed E-state index contributed by atoms with van der Waals surface area (Å²) in [6.07, 6.45) is 5.43. The fourth-order valence-corrected chi connectivity index (χ4v) is 2.75. The molecule has 1 fully saturated rings. The normalized spacial score (nSPS) is 21.3. The average Bonchev–Trinajstić information content (AvgIpc) is 2.62. The second-order valence-electron chi connectivity index (χ2n) is 5.57. The van der Waals surface area contributed by atoms with Gasteiger partial charge in [-0.2, -0.15) is 0 Å². The first-order valence-electron chi connectivity index (χ1n) is 7.69. The van der Waals surface area contributed by atoms with Crippen molar-refractivity contribution in [1.29, 1.82) is 0 Å². The van der Waals surface area contributed by atoms with Crippen molar-refractivity contribution in [3.8, 4) is 0 Å². The van der Waals surface area contributed by atoms with Gasteiger partial charge in [0.05, 0.1) is 11.4 Å². The highest BCUT2D eigenvalue weighted by atomic mass is 15.2. The van der Waals surface area contributed by atoms with Crippen LogP contribution in [0.3, 0.4) is 0 Å². The van der Waals surface area contributed by atoms with Crippen molar-refractivity contribution in [2.24, 2.45) is 0 Å². The minimum absolute atomic E-state index is 0.696. The summed E-state index contributed by atoms with van der Waals surface area (Å²) >= 11 is 0. The molecule has 1 saturated heterocycles. The van der Waals surface area contributed by atoms with Gasteiger partial charge in [0.2, 0.25) is 0 Å². The van der Waals surface area contributed by atoms with E-state index in [1.54, 1.807) is 0 Å². The summed E-state index contributed by atoms with van der Waals surface area (Å²) in [7, 11) is 0. The average molecular weight is 261 g/mol. The number of rotatable bonds is 5. The molecule has 2 heterocycles. The summed E-state index contributed by atoms with van der Waals surface area (Å²) in [5, 5.41) is 3.34. The molecule has 3 heteroatoms. The number of hydrogen-bond donors (Lipinski definition) is 1. The van der Waals surface area contributed by atoms with Crippen LogP contribution < -0.4 is 5.32 Å². The molecule has 1 aliphatic rings. The van der Waals surface area contributed by atoms with Gasteiger partial charge in [0, 0.05) is 19.1 Å². The maximum atomic E-state index is 4.77. The van der Waals surface area contributed by atoms with E-state index in [2.05, 4.69) is 42.3 Å². The van der Waals surface area contributed by atoms with Crippen LogP contribution in [0.25, 0.3) is 0 Å². The van der Waals surface area contributed by atoms with E-state index in [1.165, 1.54) is 37.9 Å². The van der Waals surface area contributed by atoms with Gasteiger partial charge in [-0.25, -0.2) is 0 Å². The molecule has 0 bridgehead atoms. The highest BCUT2D eigenvalue weighted by molar-refractivity contribution is 5.11. The van der Waals surface area contributed by atoms with Crippen molar-refractivity contribution >= 4 is 0 Å². The molecule has 106 valence electrons. The number of pyridine rings is 1. The molecular weight excluding hydrogens is 234 g/mol. The minimum atomic E-state index is 0.696. The second-order valence-corrected chi connectivity index (χ2v) is 5.57. The van der Waals surface area contributed by atoms with Gasteiger partial charge >= 0.3 is 0 Å². The monoisotopic (exact) mass is 261 g/mol. The van der Waals surface area contributed by atoms with Crippen molar-refractivity contribution in [3.05, 3.63) is 29.6 Å². The zero-order valence-electron chi connectivity index (χ0n) is 12.4. The Balaban J connectivity index is 1.97. The molecule has 0 radical (unpaired) electrons. The van der Waals surface area contributed by atoms with Gasteiger partial charge in [-0.15, -0.1) is 0 Å². The molecule has 1 aromatic rings. The predicted octanol–water partition coefficient (Wildman–Crippen LogP) is 2.96. The largest absolute Gasteiger partial charge is 0.311 e. The van der Waals surface area contributed by atoms with Crippen molar-refractivity contribution < 1.29 is 0 Å². The van der Waals surface area contributed by atoms with Crippen molar-refractivity contribution in [1.82, 2.24) is 15.2 Å². The molecule has 0 amide bonds. The first-order valence-corrected chi connectivity index (χ1v) is 7.69. The molecule has 1 N–H and O–H groups in total. The third kappa shape index (κ3) is 4.59. The lowest BCUT2D eigenvalue weighted by atomic mass is 10.1. The van der Waals surface area contributed by atoms with Gasteiger partial charge < -0.3 is 5.32 Å².